The lowest BCUT2D eigenvalue weighted by molar-refractivity contribution is 0.531. The highest BCUT2D eigenvalue weighted by molar-refractivity contribution is 5.46. The number of hydrogen-bond acceptors (Lipinski definition) is 1. The summed E-state index contributed by atoms with van der Waals surface area (Å²) >= 11 is 0. The monoisotopic (exact) mass is 253 g/mol. The zero-order valence-corrected chi connectivity index (χ0v) is 12.1. The second-order valence-corrected chi connectivity index (χ2v) is 5.60. The highest BCUT2D eigenvalue weighted by atomic mass is 14.9. The van der Waals surface area contributed by atoms with Crippen molar-refractivity contribution in [2.24, 2.45) is 5.92 Å². The van der Waals surface area contributed by atoms with Crippen LogP contribution in [-0.4, -0.2) is 0 Å². The molecule has 0 aliphatic carbocycles. The van der Waals surface area contributed by atoms with Crippen molar-refractivity contribution in [1.29, 1.82) is 0 Å². The zero-order valence-electron chi connectivity index (χ0n) is 12.1. The smallest absolute Gasteiger partial charge is 0.0516 e. The summed E-state index contributed by atoms with van der Waals surface area (Å²) in [6, 6.07) is 19.7. The van der Waals surface area contributed by atoms with Crippen LogP contribution in [0.5, 0.6) is 0 Å². The molecule has 2 aromatic carbocycles. The van der Waals surface area contributed by atoms with Crippen LogP contribution >= 0.6 is 0 Å². The Morgan fingerprint density at radius 3 is 2.11 bits per heavy atom. The molecule has 100 valence electrons. The molecule has 0 fully saturated rings. The first-order chi connectivity index (χ1) is 9.15. The van der Waals surface area contributed by atoms with Crippen LogP contribution in [0.1, 0.15) is 37.4 Å². The van der Waals surface area contributed by atoms with Gasteiger partial charge < -0.3 is 5.32 Å². The van der Waals surface area contributed by atoms with Crippen molar-refractivity contribution in [3.63, 3.8) is 0 Å². The molecule has 0 saturated carbocycles. The van der Waals surface area contributed by atoms with Gasteiger partial charge in [-0.05, 0) is 37.0 Å². The number of nitrogens with one attached hydrogen (secondary N) is 1. The number of aryl methyl sites for hydroxylation is 1. The van der Waals surface area contributed by atoms with E-state index in [1.54, 1.807) is 0 Å². The fourth-order valence-electron chi connectivity index (χ4n) is 2.29. The highest BCUT2D eigenvalue weighted by Crippen LogP contribution is 2.25. The van der Waals surface area contributed by atoms with E-state index in [1.807, 2.05) is 0 Å². The van der Waals surface area contributed by atoms with E-state index in [1.165, 1.54) is 16.8 Å². The summed E-state index contributed by atoms with van der Waals surface area (Å²) in [5, 5.41) is 3.65. The van der Waals surface area contributed by atoms with Crippen LogP contribution in [0.15, 0.2) is 54.6 Å². The van der Waals surface area contributed by atoms with Gasteiger partial charge in [-0.15, -0.1) is 0 Å². The van der Waals surface area contributed by atoms with Crippen molar-refractivity contribution in [3.8, 4) is 0 Å². The summed E-state index contributed by atoms with van der Waals surface area (Å²) in [4.78, 5) is 0. The number of benzene rings is 2. The molecule has 1 atom stereocenters. The summed E-state index contributed by atoms with van der Waals surface area (Å²) < 4.78 is 0. The van der Waals surface area contributed by atoms with Crippen LogP contribution in [-0.2, 0) is 0 Å². The lowest BCUT2D eigenvalue weighted by Crippen LogP contribution is -2.13. The first-order valence-electron chi connectivity index (χ1n) is 7.03. The Bertz CT molecular complexity index is 485. The summed E-state index contributed by atoms with van der Waals surface area (Å²) in [5.74, 6) is 0.670. The van der Waals surface area contributed by atoms with Crippen LogP contribution in [0, 0.1) is 12.8 Å². The van der Waals surface area contributed by atoms with Crippen LogP contribution in [0.3, 0.4) is 0 Å². The molecule has 0 aliphatic rings. The average molecular weight is 253 g/mol. The van der Waals surface area contributed by atoms with E-state index in [9.17, 15) is 0 Å². The molecule has 0 aliphatic heterocycles. The topological polar surface area (TPSA) is 12.0 Å². The van der Waals surface area contributed by atoms with Gasteiger partial charge in [0, 0.05) is 5.69 Å². The fraction of sp³-hybridized carbons (Fsp3) is 0.333. The van der Waals surface area contributed by atoms with Gasteiger partial charge in [0.05, 0.1) is 6.04 Å². The summed E-state index contributed by atoms with van der Waals surface area (Å²) in [6.07, 6.45) is 1.14. The largest absolute Gasteiger partial charge is 0.378 e. The van der Waals surface area contributed by atoms with Gasteiger partial charge in [0.1, 0.15) is 0 Å². The van der Waals surface area contributed by atoms with Crippen molar-refractivity contribution in [2.45, 2.75) is 33.2 Å². The first kappa shape index (κ1) is 13.7. The molecule has 0 spiro atoms. The number of rotatable bonds is 5. The van der Waals surface area contributed by atoms with E-state index >= 15 is 0 Å². The summed E-state index contributed by atoms with van der Waals surface area (Å²) in [5.41, 5.74) is 3.85. The Kier molecular flexibility index (Phi) is 4.62. The molecule has 2 rings (SSSR count). The van der Waals surface area contributed by atoms with Crippen molar-refractivity contribution in [1.82, 2.24) is 0 Å². The Labute approximate surface area is 116 Å². The minimum atomic E-state index is 0.379. The molecule has 0 saturated heterocycles. The van der Waals surface area contributed by atoms with Crippen LogP contribution in [0.25, 0.3) is 0 Å². The van der Waals surface area contributed by atoms with E-state index in [-0.39, 0.29) is 0 Å². The second kappa shape index (κ2) is 6.42. The Morgan fingerprint density at radius 1 is 0.895 bits per heavy atom. The van der Waals surface area contributed by atoms with Crippen LogP contribution < -0.4 is 5.32 Å². The van der Waals surface area contributed by atoms with Crippen LogP contribution in [0.4, 0.5) is 5.69 Å². The van der Waals surface area contributed by atoms with E-state index < -0.39 is 0 Å². The standard InChI is InChI=1S/C18H23N/c1-14(2)13-18(16-7-5-4-6-8-16)19-17-11-9-15(3)10-12-17/h4-12,14,18-19H,13H2,1-3H3. The molecule has 2 aromatic rings. The van der Waals surface area contributed by atoms with Crippen LogP contribution in [0.2, 0.25) is 0 Å². The Morgan fingerprint density at radius 2 is 1.53 bits per heavy atom. The van der Waals surface area contributed by atoms with Crippen molar-refractivity contribution in [3.05, 3.63) is 65.7 Å². The molecule has 0 radical (unpaired) electrons. The predicted molar refractivity (Wildman–Crippen MR) is 83.4 cm³/mol. The number of hydrogen-bond donors (Lipinski definition) is 1. The normalized spacial score (nSPS) is 12.4. The molecule has 1 N–H and O–H groups in total. The molecular weight excluding hydrogens is 230 g/mol. The molecule has 1 nitrogen and oxygen atoms in total. The molecule has 19 heavy (non-hydrogen) atoms. The summed E-state index contributed by atoms with van der Waals surface area (Å²) in [6.45, 7) is 6.66. The van der Waals surface area contributed by atoms with Gasteiger partial charge >= 0.3 is 0 Å². The van der Waals surface area contributed by atoms with Gasteiger partial charge in [0.25, 0.3) is 0 Å². The Hall–Kier alpha value is -1.76. The maximum atomic E-state index is 3.65. The number of anilines is 1. The molecular formula is C18H23N. The van der Waals surface area contributed by atoms with E-state index in [0.29, 0.717) is 12.0 Å². The van der Waals surface area contributed by atoms with Crippen molar-refractivity contribution in [2.75, 3.05) is 5.32 Å². The lowest BCUT2D eigenvalue weighted by Gasteiger charge is -2.22. The fourth-order valence-corrected chi connectivity index (χ4v) is 2.29. The van der Waals surface area contributed by atoms with Gasteiger partial charge in [-0.3, -0.25) is 0 Å². The highest BCUT2D eigenvalue weighted by Gasteiger charge is 2.12. The molecule has 1 heteroatoms. The van der Waals surface area contributed by atoms with E-state index in [4.69, 9.17) is 0 Å². The molecule has 1 unspecified atom stereocenters. The summed E-state index contributed by atoms with van der Waals surface area (Å²) in [7, 11) is 0. The third-order valence-electron chi connectivity index (χ3n) is 3.30. The lowest BCUT2D eigenvalue weighted by atomic mass is 9.96. The second-order valence-electron chi connectivity index (χ2n) is 5.60. The minimum absolute atomic E-state index is 0.379. The van der Waals surface area contributed by atoms with Gasteiger partial charge in [-0.25, -0.2) is 0 Å². The van der Waals surface area contributed by atoms with E-state index in [2.05, 4.69) is 80.7 Å². The first-order valence-corrected chi connectivity index (χ1v) is 7.03. The average Bonchev–Trinajstić information content (AvgIpc) is 2.41. The molecule has 0 aromatic heterocycles. The molecule has 0 bridgehead atoms. The van der Waals surface area contributed by atoms with E-state index in [0.717, 1.165) is 6.42 Å². The van der Waals surface area contributed by atoms with Crippen molar-refractivity contribution < 1.29 is 0 Å². The quantitative estimate of drug-likeness (QED) is 0.772. The molecule has 0 heterocycles. The van der Waals surface area contributed by atoms with Crippen molar-refractivity contribution >= 4 is 5.69 Å². The Balaban J connectivity index is 2.16. The third-order valence-corrected chi connectivity index (χ3v) is 3.30. The molecule has 0 amide bonds. The van der Waals surface area contributed by atoms with Gasteiger partial charge in [0.15, 0.2) is 0 Å². The predicted octanol–water partition coefficient (Wildman–Crippen LogP) is 5.19. The SMILES string of the molecule is Cc1ccc(NC(CC(C)C)c2ccccc2)cc1. The zero-order chi connectivity index (χ0) is 13.7. The minimum Gasteiger partial charge on any atom is -0.378 e. The van der Waals surface area contributed by atoms with Gasteiger partial charge in [-0.1, -0.05) is 61.9 Å². The van der Waals surface area contributed by atoms with Gasteiger partial charge in [-0.2, -0.15) is 0 Å². The maximum absolute atomic E-state index is 3.65. The maximum Gasteiger partial charge on any atom is 0.0516 e. The van der Waals surface area contributed by atoms with Gasteiger partial charge in [0.2, 0.25) is 0 Å². The third kappa shape index (κ3) is 4.13.